The van der Waals surface area contributed by atoms with E-state index >= 15 is 0 Å². The zero-order chi connectivity index (χ0) is 7.86. The van der Waals surface area contributed by atoms with Gasteiger partial charge in [-0.05, 0) is 27.6 Å². The molecule has 0 aromatic rings. The molecule has 66 valence electrons. The smallest absolute Gasteiger partial charge is 0.151 e. The van der Waals surface area contributed by atoms with E-state index in [2.05, 4.69) is 0 Å². The molecule has 0 aromatic carbocycles. The fourth-order valence-corrected chi connectivity index (χ4v) is 0. The Morgan fingerprint density at radius 1 is 1.20 bits per heavy atom. The van der Waals surface area contributed by atoms with Gasteiger partial charge in [0.15, 0.2) is 6.29 Å². The molecule has 0 heterocycles. The van der Waals surface area contributed by atoms with Crippen LogP contribution in [0.4, 0.5) is 0 Å². The van der Waals surface area contributed by atoms with Gasteiger partial charge in [-0.3, -0.25) is 0 Å². The monoisotopic (exact) mass is 171 g/mol. The van der Waals surface area contributed by atoms with Gasteiger partial charge in [-0.25, -0.2) is 0 Å². The summed E-state index contributed by atoms with van der Waals surface area (Å²) in [5.41, 5.74) is 0. The molecule has 3 nitrogen and oxygen atoms in total. The highest BCUT2D eigenvalue weighted by Crippen LogP contribution is 1.77. The summed E-state index contributed by atoms with van der Waals surface area (Å²) in [6.07, 6.45) is -0.699. The lowest BCUT2D eigenvalue weighted by atomic mass is 10.5. The number of hydrogen-bond donors (Lipinski definition) is 2. The van der Waals surface area contributed by atoms with Crippen LogP contribution in [0.15, 0.2) is 0 Å². The maximum Gasteiger partial charge on any atom is 0.151 e. The molecule has 0 saturated heterocycles. The van der Waals surface area contributed by atoms with E-state index in [1.165, 1.54) is 0 Å². The molecule has 0 aliphatic heterocycles. The predicted molar refractivity (Wildman–Crippen MR) is 45.4 cm³/mol. The summed E-state index contributed by atoms with van der Waals surface area (Å²) in [6, 6.07) is 0. The Morgan fingerprint density at radius 3 is 1.30 bits per heavy atom. The lowest BCUT2D eigenvalue weighted by molar-refractivity contribution is -0.0413. The average molecular weight is 172 g/mol. The number of rotatable bonds is 1. The number of halogens is 1. The van der Waals surface area contributed by atoms with E-state index in [0.717, 1.165) is 0 Å². The quantitative estimate of drug-likeness (QED) is 0.558. The van der Waals surface area contributed by atoms with Crippen molar-refractivity contribution in [2.45, 2.75) is 19.6 Å². The SMILES string of the molecule is CCC(O)O.CN(C)C.Cl. The fourth-order valence-electron chi connectivity index (χ4n) is 0. The van der Waals surface area contributed by atoms with Gasteiger partial charge in [0.2, 0.25) is 0 Å². The Bertz CT molecular complexity index is 48.3. The zero-order valence-electron chi connectivity index (χ0n) is 7.03. The molecule has 10 heavy (non-hydrogen) atoms. The van der Waals surface area contributed by atoms with Crippen molar-refractivity contribution in [1.82, 2.24) is 4.90 Å². The first-order chi connectivity index (χ1) is 4.00. The Balaban J connectivity index is -0.0000000910. The molecule has 0 saturated carbocycles. The lowest BCUT2D eigenvalue weighted by Crippen LogP contribution is -1.99. The number of nitrogens with zero attached hydrogens (tertiary/aromatic N) is 1. The highest BCUT2D eigenvalue weighted by atomic mass is 35.5. The maximum atomic E-state index is 7.92. The van der Waals surface area contributed by atoms with Crippen molar-refractivity contribution in [3.05, 3.63) is 0 Å². The predicted octanol–water partition coefficient (Wildman–Crippen LogP) is 0.307. The summed E-state index contributed by atoms with van der Waals surface area (Å²) in [5, 5.41) is 15.8. The van der Waals surface area contributed by atoms with Crippen molar-refractivity contribution in [3.63, 3.8) is 0 Å². The van der Waals surface area contributed by atoms with Crippen LogP contribution in [-0.2, 0) is 0 Å². The van der Waals surface area contributed by atoms with Gasteiger partial charge >= 0.3 is 0 Å². The third-order valence-electron chi connectivity index (χ3n) is 0.365. The van der Waals surface area contributed by atoms with Crippen molar-refractivity contribution < 1.29 is 10.2 Å². The molecule has 0 spiro atoms. The number of aliphatic hydroxyl groups is 2. The van der Waals surface area contributed by atoms with Crippen LogP contribution in [0.25, 0.3) is 0 Å². The van der Waals surface area contributed by atoms with Crippen LogP contribution >= 0.6 is 12.4 Å². The molecule has 0 fully saturated rings. The summed E-state index contributed by atoms with van der Waals surface area (Å²) in [7, 11) is 6.00. The van der Waals surface area contributed by atoms with Gasteiger partial charge in [-0.2, -0.15) is 0 Å². The minimum absolute atomic E-state index is 0. The Hall–Kier alpha value is 0.170. The van der Waals surface area contributed by atoms with Crippen LogP contribution in [0.3, 0.4) is 0 Å². The van der Waals surface area contributed by atoms with E-state index in [1.54, 1.807) is 6.92 Å². The van der Waals surface area contributed by atoms with Crippen LogP contribution in [0, 0.1) is 0 Å². The highest BCUT2D eigenvalue weighted by Gasteiger charge is 1.83. The molecule has 0 atom stereocenters. The molecule has 0 radical (unpaired) electrons. The van der Waals surface area contributed by atoms with Gasteiger partial charge < -0.3 is 15.1 Å². The lowest BCUT2D eigenvalue weighted by Gasteiger charge is -1.90. The molecule has 0 rings (SSSR count). The largest absolute Gasteiger partial charge is 0.368 e. The normalized spacial score (nSPS) is 8.40. The third-order valence-corrected chi connectivity index (χ3v) is 0.365. The molecule has 0 aliphatic carbocycles. The molecule has 0 aliphatic rings. The second-order valence-corrected chi connectivity index (χ2v) is 2.23. The fraction of sp³-hybridized carbons (Fsp3) is 1.00. The Kier molecular flexibility index (Phi) is 19.8. The van der Waals surface area contributed by atoms with Crippen molar-refractivity contribution in [3.8, 4) is 0 Å². The van der Waals surface area contributed by atoms with E-state index in [4.69, 9.17) is 10.2 Å². The van der Waals surface area contributed by atoms with E-state index < -0.39 is 6.29 Å². The van der Waals surface area contributed by atoms with Gasteiger partial charge in [0, 0.05) is 0 Å². The van der Waals surface area contributed by atoms with Crippen molar-refractivity contribution in [1.29, 1.82) is 0 Å². The van der Waals surface area contributed by atoms with Gasteiger partial charge in [0.1, 0.15) is 0 Å². The van der Waals surface area contributed by atoms with Gasteiger partial charge in [0.25, 0.3) is 0 Å². The Morgan fingerprint density at radius 2 is 1.30 bits per heavy atom. The number of aliphatic hydroxyl groups excluding tert-OH is 1. The van der Waals surface area contributed by atoms with Crippen molar-refractivity contribution in [2.24, 2.45) is 0 Å². The number of hydrogen-bond acceptors (Lipinski definition) is 3. The van der Waals surface area contributed by atoms with Crippen LogP contribution in [0.1, 0.15) is 13.3 Å². The molecule has 2 N–H and O–H groups in total. The first-order valence-corrected chi connectivity index (χ1v) is 2.97. The molecular formula is C6H18ClNO2. The molecule has 0 bridgehead atoms. The Labute approximate surface area is 69.1 Å². The second kappa shape index (κ2) is 11.9. The van der Waals surface area contributed by atoms with Crippen LogP contribution in [0.2, 0.25) is 0 Å². The first-order valence-electron chi connectivity index (χ1n) is 2.97. The standard InChI is InChI=1S/C3H9N.C3H8O2.ClH/c1-4(2)3;1-2-3(4)5;/h1-3H3;3-5H,2H2,1H3;1H. The van der Waals surface area contributed by atoms with E-state index in [-0.39, 0.29) is 12.4 Å². The average Bonchev–Trinajstić information content (AvgIpc) is 1.65. The molecule has 4 heteroatoms. The molecule has 0 aromatic heterocycles. The van der Waals surface area contributed by atoms with E-state index in [0.29, 0.717) is 6.42 Å². The highest BCUT2D eigenvalue weighted by molar-refractivity contribution is 5.85. The van der Waals surface area contributed by atoms with Gasteiger partial charge in [-0.1, -0.05) is 6.92 Å². The third kappa shape index (κ3) is 89.2. The zero-order valence-corrected chi connectivity index (χ0v) is 7.85. The van der Waals surface area contributed by atoms with E-state index in [9.17, 15) is 0 Å². The van der Waals surface area contributed by atoms with Crippen molar-refractivity contribution >= 4 is 12.4 Å². The molecular weight excluding hydrogens is 154 g/mol. The maximum absolute atomic E-state index is 7.92. The minimum atomic E-state index is -1.12. The second-order valence-electron chi connectivity index (χ2n) is 2.23. The summed E-state index contributed by atoms with van der Waals surface area (Å²) in [4.78, 5) is 2.00. The van der Waals surface area contributed by atoms with Crippen molar-refractivity contribution in [2.75, 3.05) is 21.1 Å². The van der Waals surface area contributed by atoms with Gasteiger partial charge in [-0.15, -0.1) is 12.4 Å². The molecule has 0 unspecified atom stereocenters. The summed E-state index contributed by atoms with van der Waals surface area (Å²) in [5.74, 6) is 0. The topological polar surface area (TPSA) is 43.7 Å². The van der Waals surface area contributed by atoms with Crippen LogP contribution in [-0.4, -0.2) is 42.5 Å². The van der Waals surface area contributed by atoms with E-state index in [1.807, 2.05) is 26.0 Å². The molecule has 0 amide bonds. The minimum Gasteiger partial charge on any atom is -0.368 e. The summed E-state index contributed by atoms with van der Waals surface area (Å²) >= 11 is 0. The van der Waals surface area contributed by atoms with Crippen LogP contribution in [0.5, 0.6) is 0 Å². The summed E-state index contributed by atoms with van der Waals surface area (Å²) in [6.45, 7) is 1.70. The van der Waals surface area contributed by atoms with Crippen LogP contribution < -0.4 is 0 Å². The summed E-state index contributed by atoms with van der Waals surface area (Å²) < 4.78 is 0. The van der Waals surface area contributed by atoms with Gasteiger partial charge in [0.05, 0.1) is 0 Å². The first kappa shape index (κ1) is 16.6.